The molecular weight excluding hydrogens is 224 g/mol. The molecule has 0 radical (unpaired) electrons. The van der Waals surface area contributed by atoms with Crippen LogP contribution in [0.2, 0.25) is 0 Å². The molecule has 4 rings (SSSR count). The number of hydrogen-bond acceptors (Lipinski definition) is 2. The predicted molar refractivity (Wildman–Crippen MR) is 68.9 cm³/mol. The van der Waals surface area contributed by atoms with E-state index in [2.05, 4.69) is 0 Å². The van der Waals surface area contributed by atoms with Crippen LogP contribution < -0.4 is 0 Å². The normalized spacial score (nSPS) is 46.9. The average Bonchev–Trinajstić information content (AvgIpc) is 2.99. The maximum atomic E-state index is 11.3. The standard InChI is InChI=1S/C16H22O2/c17-12-3-1-9(2-4-12)10-5-13-11-7-15(14(13)6-10)16(18)8-11/h11,13-16,18H,1-8H2/t11-,13-,14-,15-,16-/m0/s1. The van der Waals surface area contributed by atoms with Crippen molar-refractivity contribution in [3.05, 3.63) is 11.1 Å². The Hall–Kier alpha value is -0.630. The van der Waals surface area contributed by atoms with E-state index in [1.54, 1.807) is 11.1 Å². The Morgan fingerprint density at radius 1 is 0.833 bits per heavy atom. The molecule has 4 aliphatic carbocycles. The minimum Gasteiger partial charge on any atom is -0.393 e. The van der Waals surface area contributed by atoms with Crippen LogP contribution in [0.4, 0.5) is 0 Å². The molecule has 0 aliphatic heterocycles. The quantitative estimate of drug-likeness (QED) is 0.667. The Bertz CT molecular complexity index is 411. The molecule has 2 bridgehead atoms. The summed E-state index contributed by atoms with van der Waals surface area (Å²) in [6.07, 6.45) is 8.51. The summed E-state index contributed by atoms with van der Waals surface area (Å²) in [6.45, 7) is 0. The van der Waals surface area contributed by atoms with Crippen LogP contribution in [0.25, 0.3) is 0 Å². The third-order valence-electron chi connectivity index (χ3n) is 6.19. The van der Waals surface area contributed by atoms with Crippen LogP contribution in [-0.2, 0) is 4.79 Å². The van der Waals surface area contributed by atoms with E-state index in [-0.39, 0.29) is 6.10 Å². The van der Waals surface area contributed by atoms with Crippen molar-refractivity contribution in [2.45, 2.75) is 57.5 Å². The summed E-state index contributed by atoms with van der Waals surface area (Å²) in [5.74, 6) is 3.51. The predicted octanol–water partition coefficient (Wildman–Crippen LogP) is 2.85. The molecule has 0 unspecified atom stereocenters. The van der Waals surface area contributed by atoms with Crippen molar-refractivity contribution in [3.63, 3.8) is 0 Å². The van der Waals surface area contributed by atoms with Crippen molar-refractivity contribution < 1.29 is 9.90 Å². The molecular formula is C16H22O2. The number of rotatable bonds is 0. The SMILES string of the molecule is O=C1CCC(=C2C[C@H]3[C@@H](C2)[C@H]2C[C@@H]3[C@@H](O)C2)CC1. The number of allylic oxidation sites excluding steroid dienone is 2. The first kappa shape index (κ1) is 11.2. The van der Waals surface area contributed by atoms with E-state index in [0.29, 0.717) is 11.7 Å². The van der Waals surface area contributed by atoms with Crippen molar-refractivity contribution in [3.8, 4) is 0 Å². The number of Topliss-reactive ketones (excluding diaryl/α,β-unsaturated/α-hetero) is 1. The van der Waals surface area contributed by atoms with Crippen LogP contribution >= 0.6 is 0 Å². The zero-order valence-electron chi connectivity index (χ0n) is 10.9. The minimum atomic E-state index is -0.00599. The van der Waals surface area contributed by atoms with Gasteiger partial charge in [0.15, 0.2) is 0 Å². The molecule has 4 saturated carbocycles. The third kappa shape index (κ3) is 1.54. The molecule has 0 spiro atoms. The molecule has 2 nitrogen and oxygen atoms in total. The van der Waals surface area contributed by atoms with Crippen LogP contribution in [-0.4, -0.2) is 17.0 Å². The van der Waals surface area contributed by atoms with E-state index in [4.69, 9.17) is 0 Å². The zero-order chi connectivity index (χ0) is 12.3. The maximum absolute atomic E-state index is 11.3. The van der Waals surface area contributed by atoms with Gasteiger partial charge in [-0.15, -0.1) is 0 Å². The van der Waals surface area contributed by atoms with Gasteiger partial charge in [-0.1, -0.05) is 11.1 Å². The van der Waals surface area contributed by atoms with E-state index in [1.807, 2.05) is 0 Å². The highest BCUT2D eigenvalue weighted by atomic mass is 16.3. The molecule has 0 saturated heterocycles. The molecule has 4 aliphatic rings. The Morgan fingerprint density at radius 3 is 2.33 bits per heavy atom. The van der Waals surface area contributed by atoms with Gasteiger partial charge in [-0.2, -0.15) is 0 Å². The van der Waals surface area contributed by atoms with Gasteiger partial charge in [0, 0.05) is 12.8 Å². The molecule has 2 heteroatoms. The summed E-state index contributed by atoms with van der Waals surface area (Å²) in [7, 11) is 0. The molecule has 4 fully saturated rings. The smallest absolute Gasteiger partial charge is 0.133 e. The van der Waals surface area contributed by atoms with Crippen molar-refractivity contribution in [2.75, 3.05) is 0 Å². The van der Waals surface area contributed by atoms with Gasteiger partial charge in [-0.05, 0) is 62.2 Å². The van der Waals surface area contributed by atoms with E-state index >= 15 is 0 Å². The highest BCUT2D eigenvalue weighted by Crippen LogP contribution is 2.60. The van der Waals surface area contributed by atoms with Crippen molar-refractivity contribution >= 4 is 5.78 Å². The van der Waals surface area contributed by atoms with Crippen molar-refractivity contribution in [2.24, 2.45) is 23.7 Å². The fourth-order valence-electron chi connectivity index (χ4n) is 5.31. The van der Waals surface area contributed by atoms with Gasteiger partial charge in [0.05, 0.1) is 6.10 Å². The molecule has 98 valence electrons. The van der Waals surface area contributed by atoms with Gasteiger partial charge < -0.3 is 5.11 Å². The topological polar surface area (TPSA) is 37.3 Å². The monoisotopic (exact) mass is 246 g/mol. The number of fused-ring (bicyclic) bond motifs is 5. The fourth-order valence-corrected chi connectivity index (χ4v) is 5.31. The van der Waals surface area contributed by atoms with Gasteiger partial charge in [0.1, 0.15) is 5.78 Å². The highest BCUT2D eigenvalue weighted by molar-refractivity contribution is 5.80. The number of ketones is 1. The number of aliphatic hydroxyl groups is 1. The highest BCUT2D eigenvalue weighted by Gasteiger charge is 2.54. The van der Waals surface area contributed by atoms with E-state index in [1.165, 1.54) is 19.3 Å². The fraction of sp³-hybridized carbons (Fsp3) is 0.812. The summed E-state index contributed by atoms with van der Waals surface area (Å²) >= 11 is 0. The van der Waals surface area contributed by atoms with E-state index < -0.39 is 0 Å². The number of carbonyl (C=O) groups excluding carboxylic acids is 1. The van der Waals surface area contributed by atoms with Crippen LogP contribution in [0.1, 0.15) is 51.4 Å². The van der Waals surface area contributed by atoms with E-state index in [9.17, 15) is 9.90 Å². The minimum absolute atomic E-state index is 0.00599. The van der Waals surface area contributed by atoms with Gasteiger partial charge in [0.2, 0.25) is 0 Å². The lowest BCUT2D eigenvalue weighted by molar-refractivity contribution is -0.119. The Kier molecular flexibility index (Phi) is 2.45. The lowest BCUT2D eigenvalue weighted by Crippen LogP contribution is -2.27. The average molecular weight is 246 g/mol. The molecule has 0 aromatic heterocycles. The second-order valence-electron chi connectivity index (χ2n) is 6.94. The Labute approximate surface area is 108 Å². The molecule has 0 amide bonds. The molecule has 5 atom stereocenters. The van der Waals surface area contributed by atoms with Crippen molar-refractivity contribution in [1.82, 2.24) is 0 Å². The van der Waals surface area contributed by atoms with Gasteiger partial charge in [-0.25, -0.2) is 0 Å². The summed E-state index contributed by atoms with van der Waals surface area (Å²) < 4.78 is 0. The first-order valence-electron chi connectivity index (χ1n) is 7.62. The van der Waals surface area contributed by atoms with Crippen LogP contribution in [0.3, 0.4) is 0 Å². The number of aliphatic hydroxyl groups excluding tert-OH is 1. The Balaban J connectivity index is 1.54. The summed E-state index contributed by atoms with van der Waals surface area (Å²) in [4.78, 5) is 11.3. The molecule has 1 N–H and O–H groups in total. The van der Waals surface area contributed by atoms with Crippen LogP contribution in [0.15, 0.2) is 11.1 Å². The van der Waals surface area contributed by atoms with Crippen LogP contribution in [0.5, 0.6) is 0 Å². The number of hydrogen-bond donors (Lipinski definition) is 1. The Morgan fingerprint density at radius 2 is 1.56 bits per heavy atom. The third-order valence-corrected chi connectivity index (χ3v) is 6.19. The van der Waals surface area contributed by atoms with E-state index in [0.717, 1.165) is 49.9 Å². The zero-order valence-corrected chi connectivity index (χ0v) is 10.9. The lowest BCUT2D eigenvalue weighted by Gasteiger charge is -2.27. The van der Waals surface area contributed by atoms with Gasteiger partial charge in [0.25, 0.3) is 0 Å². The summed E-state index contributed by atoms with van der Waals surface area (Å²) in [6, 6.07) is 0. The molecule has 0 heterocycles. The summed E-state index contributed by atoms with van der Waals surface area (Å²) in [5.41, 5.74) is 3.29. The summed E-state index contributed by atoms with van der Waals surface area (Å²) in [5, 5.41) is 10.0. The second-order valence-corrected chi connectivity index (χ2v) is 6.94. The largest absolute Gasteiger partial charge is 0.393 e. The molecule has 0 aromatic carbocycles. The number of carbonyl (C=O) groups is 1. The second kappa shape index (κ2) is 3.93. The van der Waals surface area contributed by atoms with Crippen LogP contribution in [0, 0.1) is 23.7 Å². The molecule has 18 heavy (non-hydrogen) atoms. The lowest BCUT2D eigenvalue weighted by atomic mass is 9.80. The van der Waals surface area contributed by atoms with Gasteiger partial charge >= 0.3 is 0 Å². The first-order chi connectivity index (χ1) is 8.72. The maximum Gasteiger partial charge on any atom is 0.133 e. The van der Waals surface area contributed by atoms with Crippen molar-refractivity contribution in [1.29, 1.82) is 0 Å². The van der Waals surface area contributed by atoms with Gasteiger partial charge in [-0.3, -0.25) is 4.79 Å². The molecule has 0 aromatic rings. The first-order valence-corrected chi connectivity index (χ1v) is 7.62.